The van der Waals surface area contributed by atoms with Crippen LogP contribution in [0.25, 0.3) is 0 Å². The molecule has 2 fully saturated rings. The second-order valence-corrected chi connectivity index (χ2v) is 5.46. The summed E-state index contributed by atoms with van der Waals surface area (Å²) in [7, 11) is 0. The Kier molecular flexibility index (Phi) is 2.45. The number of halogens is 2. The summed E-state index contributed by atoms with van der Waals surface area (Å²) < 4.78 is 14.9. The van der Waals surface area contributed by atoms with Gasteiger partial charge in [0.15, 0.2) is 0 Å². The van der Waals surface area contributed by atoms with Crippen LogP contribution in [0.15, 0.2) is 24.3 Å². The first-order valence-corrected chi connectivity index (χ1v) is 6.24. The van der Waals surface area contributed by atoms with Crippen LogP contribution >= 0.6 is 11.6 Å². The standard InChI is InChI=1S/C13H15ClFN/c14-10-3-1-2-9(6-10)13(15)7-11-4-5-12(8-13)16-11/h1-3,6,11-12,16H,4-5,7-8H2. The van der Waals surface area contributed by atoms with E-state index in [4.69, 9.17) is 11.6 Å². The second kappa shape index (κ2) is 3.71. The molecule has 2 saturated heterocycles. The van der Waals surface area contributed by atoms with Crippen LogP contribution < -0.4 is 5.32 Å². The Morgan fingerprint density at radius 3 is 2.56 bits per heavy atom. The van der Waals surface area contributed by atoms with Crippen molar-refractivity contribution in [3.63, 3.8) is 0 Å². The van der Waals surface area contributed by atoms with Crippen molar-refractivity contribution in [1.29, 1.82) is 0 Å². The molecule has 86 valence electrons. The molecule has 2 atom stereocenters. The SMILES string of the molecule is FC1(c2cccc(Cl)c2)CC2CCC(C1)N2. The Labute approximate surface area is 100.0 Å². The Hall–Kier alpha value is -0.600. The fourth-order valence-corrected chi connectivity index (χ4v) is 3.28. The fourth-order valence-electron chi connectivity index (χ4n) is 3.09. The summed E-state index contributed by atoms with van der Waals surface area (Å²) in [6, 6.07) is 7.96. The molecule has 1 N–H and O–H groups in total. The quantitative estimate of drug-likeness (QED) is 0.792. The number of fused-ring (bicyclic) bond motifs is 2. The maximum atomic E-state index is 14.9. The molecule has 2 aliphatic heterocycles. The highest BCUT2D eigenvalue weighted by molar-refractivity contribution is 6.30. The number of alkyl halides is 1. The molecule has 1 aromatic rings. The first kappa shape index (κ1) is 10.5. The zero-order valence-electron chi connectivity index (χ0n) is 9.05. The van der Waals surface area contributed by atoms with Gasteiger partial charge in [-0.1, -0.05) is 23.7 Å². The zero-order valence-corrected chi connectivity index (χ0v) is 9.80. The van der Waals surface area contributed by atoms with Gasteiger partial charge in [-0.25, -0.2) is 4.39 Å². The van der Waals surface area contributed by atoms with Gasteiger partial charge in [0.05, 0.1) is 0 Å². The fraction of sp³-hybridized carbons (Fsp3) is 0.538. The second-order valence-electron chi connectivity index (χ2n) is 5.02. The van der Waals surface area contributed by atoms with Gasteiger partial charge in [-0.2, -0.15) is 0 Å². The molecule has 0 radical (unpaired) electrons. The molecule has 0 spiro atoms. The average Bonchev–Trinajstić information content (AvgIpc) is 2.59. The van der Waals surface area contributed by atoms with E-state index < -0.39 is 5.67 Å². The predicted molar refractivity (Wildman–Crippen MR) is 63.4 cm³/mol. The van der Waals surface area contributed by atoms with E-state index in [0.717, 1.165) is 18.4 Å². The largest absolute Gasteiger partial charge is 0.311 e. The zero-order chi connectivity index (χ0) is 11.2. The molecule has 1 aromatic carbocycles. The summed E-state index contributed by atoms with van der Waals surface area (Å²) in [5, 5.41) is 4.08. The van der Waals surface area contributed by atoms with Gasteiger partial charge in [0, 0.05) is 29.9 Å². The molecule has 0 saturated carbocycles. The number of rotatable bonds is 1. The Bertz CT molecular complexity index is 395. The van der Waals surface area contributed by atoms with Crippen LogP contribution in [0.2, 0.25) is 5.02 Å². The summed E-state index contributed by atoms with van der Waals surface area (Å²) in [6.45, 7) is 0. The lowest BCUT2D eigenvalue weighted by molar-refractivity contribution is 0.0874. The Morgan fingerprint density at radius 1 is 1.25 bits per heavy atom. The molecule has 0 amide bonds. The molecular formula is C13H15ClFN. The third-order valence-corrected chi connectivity index (χ3v) is 4.05. The number of nitrogens with one attached hydrogen (secondary N) is 1. The van der Waals surface area contributed by atoms with E-state index in [1.165, 1.54) is 0 Å². The molecule has 2 bridgehead atoms. The number of hydrogen-bond acceptors (Lipinski definition) is 1. The monoisotopic (exact) mass is 239 g/mol. The molecule has 2 unspecified atom stereocenters. The van der Waals surface area contributed by atoms with E-state index in [2.05, 4.69) is 5.32 Å². The highest BCUT2D eigenvalue weighted by Crippen LogP contribution is 2.44. The van der Waals surface area contributed by atoms with Crippen molar-refractivity contribution in [3.05, 3.63) is 34.9 Å². The minimum Gasteiger partial charge on any atom is -0.311 e. The highest BCUT2D eigenvalue weighted by Gasteiger charge is 2.45. The van der Waals surface area contributed by atoms with Crippen LogP contribution in [0, 0.1) is 0 Å². The van der Waals surface area contributed by atoms with Crippen LogP contribution in [-0.4, -0.2) is 12.1 Å². The van der Waals surface area contributed by atoms with Crippen molar-refractivity contribution in [3.8, 4) is 0 Å². The number of hydrogen-bond donors (Lipinski definition) is 1. The molecule has 0 aromatic heterocycles. The molecule has 1 nitrogen and oxygen atoms in total. The van der Waals surface area contributed by atoms with E-state index in [0.29, 0.717) is 29.9 Å². The van der Waals surface area contributed by atoms with E-state index >= 15 is 0 Å². The summed E-state index contributed by atoms with van der Waals surface area (Å²) in [5.74, 6) is 0. The molecule has 2 heterocycles. The molecule has 3 rings (SSSR count). The molecule has 0 aliphatic carbocycles. The molecular weight excluding hydrogens is 225 g/mol. The molecule has 2 aliphatic rings. The number of piperidine rings is 1. The van der Waals surface area contributed by atoms with Gasteiger partial charge in [-0.15, -0.1) is 0 Å². The van der Waals surface area contributed by atoms with Gasteiger partial charge in [-0.3, -0.25) is 0 Å². The van der Waals surface area contributed by atoms with Gasteiger partial charge in [-0.05, 0) is 30.5 Å². The third kappa shape index (κ3) is 1.74. The maximum Gasteiger partial charge on any atom is 0.139 e. The van der Waals surface area contributed by atoms with Gasteiger partial charge in [0.25, 0.3) is 0 Å². The predicted octanol–water partition coefficient (Wildman–Crippen LogP) is 3.42. The normalized spacial score (nSPS) is 37.6. The lowest BCUT2D eigenvalue weighted by Gasteiger charge is -2.35. The van der Waals surface area contributed by atoms with Crippen LogP contribution in [0.5, 0.6) is 0 Å². The van der Waals surface area contributed by atoms with Crippen LogP contribution in [0.4, 0.5) is 4.39 Å². The van der Waals surface area contributed by atoms with Gasteiger partial charge in [0.2, 0.25) is 0 Å². The summed E-state index contributed by atoms with van der Waals surface area (Å²) >= 11 is 5.93. The maximum absolute atomic E-state index is 14.9. The van der Waals surface area contributed by atoms with Crippen molar-refractivity contribution in [1.82, 2.24) is 5.32 Å². The van der Waals surface area contributed by atoms with Gasteiger partial charge in [0.1, 0.15) is 5.67 Å². The van der Waals surface area contributed by atoms with E-state index in [1.54, 1.807) is 12.1 Å². The van der Waals surface area contributed by atoms with Crippen LogP contribution in [-0.2, 0) is 5.67 Å². The van der Waals surface area contributed by atoms with Crippen molar-refractivity contribution in [2.75, 3.05) is 0 Å². The minimum atomic E-state index is -1.18. The highest BCUT2D eigenvalue weighted by atomic mass is 35.5. The average molecular weight is 240 g/mol. The van der Waals surface area contributed by atoms with Crippen molar-refractivity contribution in [2.45, 2.75) is 43.4 Å². The van der Waals surface area contributed by atoms with Crippen molar-refractivity contribution < 1.29 is 4.39 Å². The topological polar surface area (TPSA) is 12.0 Å². The minimum absolute atomic E-state index is 0.350. The van der Waals surface area contributed by atoms with Crippen molar-refractivity contribution >= 4 is 11.6 Å². The van der Waals surface area contributed by atoms with Crippen LogP contribution in [0.3, 0.4) is 0 Å². The first-order valence-electron chi connectivity index (χ1n) is 5.87. The van der Waals surface area contributed by atoms with E-state index in [9.17, 15) is 4.39 Å². The van der Waals surface area contributed by atoms with E-state index in [-0.39, 0.29) is 0 Å². The molecule has 3 heteroatoms. The third-order valence-electron chi connectivity index (χ3n) is 3.82. The summed E-state index contributed by atoms with van der Waals surface area (Å²) in [5.41, 5.74) is -0.430. The Morgan fingerprint density at radius 2 is 1.94 bits per heavy atom. The van der Waals surface area contributed by atoms with E-state index in [1.807, 2.05) is 12.1 Å². The smallest absolute Gasteiger partial charge is 0.139 e. The van der Waals surface area contributed by atoms with Crippen LogP contribution in [0.1, 0.15) is 31.2 Å². The lowest BCUT2D eigenvalue weighted by atomic mass is 9.83. The lowest BCUT2D eigenvalue weighted by Crippen LogP contribution is -2.44. The van der Waals surface area contributed by atoms with Gasteiger partial charge >= 0.3 is 0 Å². The van der Waals surface area contributed by atoms with Gasteiger partial charge < -0.3 is 5.32 Å². The number of benzene rings is 1. The first-order chi connectivity index (χ1) is 7.66. The summed E-state index contributed by atoms with van der Waals surface area (Å²) in [6.07, 6.45) is 3.39. The molecule has 16 heavy (non-hydrogen) atoms. The van der Waals surface area contributed by atoms with Crippen molar-refractivity contribution in [2.24, 2.45) is 0 Å². The Balaban J connectivity index is 1.93. The summed E-state index contributed by atoms with van der Waals surface area (Å²) in [4.78, 5) is 0.